The Labute approximate surface area is 147 Å². The van der Waals surface area contributed by atoms with Gasteiger partial charge in [0.05, 0.1) is 12.1 Å². The van der Waals surface area contributed by atoms with Gasteiger partial charge in [-0.05, 0) is 6.07 Å². The fraction of sp³-hybridized carbons (Fsp3) is 0.0556. The molecule has 118 valence electrons. The first-order chi connectivity index (χ1) is 11.6. The molecular weight excluding hydrogens is 344 g/mol. The highest BCUT2D eigenvalue weighted by molar-refractivity contribution is 7.15. The van der Waals surface area contributed by atoms with Gasteiger partial charge in [-0.2, -0.15) is 0 Å². The van der Waals surface area contributed by atoms with Gasteiger partial charge in [-0.15, -0.1) is 11.3 Å². The Morgan fingerprint density at radius 1 is 0.958 bits per heavy atom. The fourth-order valence-corrected chi connectivity index (χ4v) is 3.76. The topological polar surface area (TPSA) is 59.1 Å². The van der Waals surface area contributed by atoms with E-state index in [1.807, 2.05) is 0 Å². The molecule has 1 heterocycles. The average molecular weight is 355 g/mol. The van der Waals surface area contributed by atoms with E-state index in [2.05, 4.69) is 10.3 Å². The van der Waals surface area contributed by atoms with Crippen LogP contribution in [0.5, 0.6) is 0 Å². The molecule has 1 aliphatic rings. The van der Waals surface area contributed by atoms with E-state index >= 15 is 0 Å². The van der Waals surface area contributed by atoms with Crippen LogP contribution in [-0.4, -0.2) is 16.6 Å². The highest BCUT2D eigenvalue weighted by atomic mass is 35.5. The largest absolute Gasteiger partial charge is 0.379 e. The highest BCUT2D eigenvalue weighted by Crippen LogP contribution is 2.32. The second-order valence-electron chi connectivity index (χ2n) is 5.37. The van der Waals surface area contributed by atoms with Crippen LogP contribution in [0.2, 0.25) is 4.47 Å². The van der Waals surface area contributed by atoms with Crippen molar-refractivity contribution in [1.82, 2.24) is 4.98 Å². The summed E-state index contributed by atoms with van der Waals surface area (Å²) in [6.07, 6.45) is 1.69. The number of benzene rings is 2. The second kappa shape index (κ2) is 5.85. The molecule has 1 N–H and O–H groups in total. The second-order valence-corrected chi connectivity index (χ2v) is 7.06. The minimum atomic E-state index is -0.134. The summed E-state index contributed by atoms with van der Waals surface area (Å²) in [6.45, 7) is 0.490. The van der Waals surface area contributed by atoms with Gasteiger partial charge in [-0.25, -0.2) is 4.98 Å². The Hall–Kier alpha value is -2.50. The third-order valence-corrected chi connectivity index (χ3v) is 5.05. The van der Waals surface area contributed by atoms with Gasteiger partial charge in [0.2, 0.25) is 0 Å². The zero-order chi connectivity index (χ0) is 16.7. The van der Waals surface area contributed by atoms with Crippen LogP contribution in [0.15, 0.2) is 48.7 Å². The predicted molar refractivity (Wildman–Crippen MR) is 94.2 cm³/mol. The quantitative estimate of drug-likeness (QED) is 0.599. The van der Waals surface area contributed by atoms with Crippen LogP contribution in [0, 0.1) is 0 Å². The van der Waals surface area contributed by atoms with E-state index in [9.17, 15) is 9.59 Å². The standard InChI is InChI=1S/C18H11ClN2O2S/c19-18-21-9-10(24-18)8-20-14-7-3-6-13-15(14)17(23)12-5-2-1-4-11(12)16(13)22/h1-7,9,20H,8H2. The number of aromatic nitrogens is 1. The summed E-state index contributed by atoms with van der Waals surface area (Å²) in [5.74, 6) is -0.254. The van der Waals surface area contributed by atoms with Gasteiger partial charge in [0.25, 0.3) is 0 Å². The van der Waals surface area contributed by atoms with Crippen molar-refractivity contribution in [2.45, 2.75) is 6.54 Å². The summed E-state index contributed by atoms with van der Waals surface area (Å²) in [5.41, 5.74) is 2.42. The summed E-state index contributed by atoms with van der Waals surface area (Å²) >= 11 is 7.21. The molecule has 0 fully saturated rings. The number of nitrogens with zero attached hydrogens (tertiary/aromatic N) is 1. The number of anilines is 1. The molecule has 6 heteroatoms. The number of rotatable bonds is 3. The van der Waals surface area contributed by atoms with Gasteiger partial charge in [0.1, 0.15) is 0 Å². The minimum Gasteiger partial charge on any atom is -0.379 e. The minimum absolute atomic E-state index is 0.121. The number of thiazole rings is 1. The SMILES string of the molecule is O=C1c2ccccc2C(=O)c2c(NCc3cnc(Cl)s3)cccc21. The number of fused-ring (bicyclic) bond motifs is 2. The van der Waals surface area contributed by atoms with Crippen molar-refractivity contribution in [1.29, 1.82) is 0 Å². The maximum absolute atomic E-state index is 12.9. The zero-order valence-corrected chi connectivity index (χ0v) is 13.9. The summed E-state index contributed by atoms with van der Waals surface area (Å²) in [5, 5.41) is 3.22. The lowest BCUT2D eigenvalue weighted by Gasteiger charge is -2.20. The molecule has 0 saturated heterocycles. The predicted octanol–water partition coefficient (Wildman–Crippen LogP) is 4.18. The number of hydrogen-bond acceptors (Lipinski definition) is 5. The molecule has 0 aliphatic heterocycles. The van der Waals surface area contributed by atoms with Gasteiger partial charge in [0.15, 0.2) is 16.0 Å². The molecule has 0 amide bonds. The molecule has 0 atom stereocenters. The molecule has 0 spiro atoms. The number of hydrogen-bond donors (Lipinski definition) is 1. The summed E-state index contributed by atoms with van der Waals surface area (Å²) in [7, 11) is 0. The first-order valence-corrected chi connectivity index (χ1v) is 8.50. The van der Waals surface area contributed by atoms with Crippen LogP contribution in [0.4, 0.5) is 5.69 Å². The smallest absolute Gasteiger partial charge is 0.196 e. The number of carbonyl (C=O) groups excluding carboxylic acids is 2. The van der Waals surface area contributed by atoms with Crippen molar-refractivity contribution in [2.75, 3.05) is 5.32 Å². The molecule has 2 aromatic carbocycles. The molecule has 1 aromatic heterocycles. The van der Waals surface area contributed by atoms with Crippen molar-refractivity contribution in [3.8, 4) is 0 Å². The molecule has 3 aromatic rings. The molecular formula is C18H11ClN2O2S. The van der Waals surface area contributed by atoms with E-state index in [1.54, 1.807) is 48.7 Å². The zero-order valence-electron chi connectivity index (χ0n) is 12.4. The summed E-state index contributed by atoms with van der Waals surface area (Å²) < 4.78 is 0.474. The first kappa shape index (κ1) is 15.1. The monoisotopic (exact) mass is 354 g/mol. The Balaban J connectivity index is 1.74. The van der Waals surface area contributed by atoms with E-state index in [4.69, 9.17) is 11.6 Å². The van der Waals surface area contributed by atoms with E-state index in [0.717, 1.165) is 4.88 Å². The number of halogens is 1. The van der Waals surface area contributed by atoms with E-state index in [-0.39, 0.29) is 11.6 Å². The molecule has 0 radical (unpaired) electrons. The van der Waals surface area contributed by atoms with E-state index in [0.29, 0.717) is 39.0 Å². The number of nitrogens with one attached hydrogen (secondary N) is 1. The van der Waals surface area contributed by atoms with Crippen molar-refractivity contribution in [2.24, 2.45) is 0 Å². The maximum Gasteiger partial charge on any atom is 0.196 e. The molecule has 0 unspecified atom stereocenters. The molecule has 0 saturated carbocycles. The number of carbonyl (C=O) groups is 2. The van der Waals surface area contributed by atoms with Crippen LogP contribution in [0.25, 0.3) is 0 Å². The van der Waals surface area contributed by atoms with Crippen molar-refractivity contribution in [3.63, 3.8) is 0 Å². The van der Waals surface area contributed by atoms with Gasteiger partial charge < -0.3 is 5.32 Å². The van der Waals surface area contributed by atoms with Crippen molar-refractivity contribution < 1.29 is 9.59 Å². The van der Waals surface area contributed by atoms with E-state index in [1.165, 1.54) is 11.3 Å². The lowest BCUT2D eigenvalue weighted by atomic mass is 9.83. The maximum atomic E-state index is 12.9. The Morgan fingerprint density at radius 2 is 1.67 bits per heavy atom. The Kier molecular flexibility index (Phi) is 3.67. The average Bonchev–Trinajstić information content (AvgIpc) is 3.03. The van der Waals surface area contributed by atoms with Crippen LogP contribution in [0.3, 0.4) is 0 Å². The third-order valence-electron chi connectivity index (χ3n) is 3.93. The molecule has 4 rings (SSSR count). The molecule has 4 nitrogen and oxygen atoms in total. The Bertz CT molecular complexity index is 981. The molecule has 1 aliphatic carbocycles. The van der Waals surface area contributed by atoms with E-state index < -0.39 is 0 Å². The van der Waals surface area contributed by atoms with Gasteiger partial charge in [-0.1, -0.05) is 48.0 Å². The van der Waals surface area contributed by atoms with Crippen LogP contribution in [0.1, 0.15) is 36.7 Å². The lowest BCUT2D eigenvalue weighted by molar-refractivity contribution is 0.0979. The van der Waals surface area contributed by atoms with Crippen LogP contribution >= 0.6 is 22.9 Å². The van der Waals surface area contributed by atoms with Crippen LogP contribution in [-0.2, 0) is 6.54 Å². The molecule has 24 heavy (non-hydrogen) atoms. The van der Waals surface area contributed by atoms with Gasteiger partial charge in [-0.3, -0.25) is 9.59 Å². The van der Waals surface area contributed by atoms with Crippen LogP contribution < -0.4 is 5.32 Å². The first-order valence-electron chi connectivity index (χ1n) is 7.30. The van der Waals surface area contributed by atoms with Gasteiger partial charge in [0, 0.05) is 33.5 Å². The fourth-order valence-electron chi connectivity index (χ4n) is 2.84. The number of ketones is 2. The summed E-state index contributed by atoms with van der Waals surface area (Å²) in [4.78, 5) is 30.5. The van der Waals surface area contributed by atoms with Gasteiger partial charge >= 0.3 is 0 Å². The normalized spacial score (nSPS) is 12.7. The lowest BCUT2D eigenvalue weighted by Crippen LogP contribution is -2.22. The van der Waals surface area contributed by atoms with Crippen molar-refractivity contribution >= 4 is 40.2 Å². The highest BCUT2D eigenvalue weighted by Gasteiger charge is 2.31. The third kappa shape index (κ3) is 2.42. The summed E-state index contributed by atoms with van der Waals surface area (Å²) in [6, 6.07) is 12.2. The molecule has 0 bridgehead atoms. The van der Waals surface area contributed by atoms with Crippen molar-refractivity contribution in [3.05, 3.63) is 80.3 Å². The Morgan fingerprint density at radius 3 is 2.38 bits per heavy atom.